The zero-order valence-corrected chi connectivity index (χ0v) is 6.45. The van der Waals surface area contributed by atoms with Crippen molar-refractivity contribution < 1.29 is 0 Å². The van der Waals surface area contributed by atoms with Crippen LogP contribution in [0, 0.1) is 0 Å². The van der Waals surface area contributed by atoms with Gasteiger partial charge in [-0.3, -0.25) is 0 Å². The minimum atomic E-state index is 0.473. The Balaban J connectivity index is 3.41. The second-order valence-corrected chi connectivity index (χ2v) is 2.22. The predicted octanol–water partition coefficient (Wildman–Crippen LogP) is -5.92. The summed E-state index contributed by atoms with van der Waals surface area (Å²) in [5, 5.41) is 0. The zero-order chi connectivity index (χ0) is 7.98. The Hall–Kier alpha value is 0.125. The van der Waals surface area contributed by atoms with Crippen molar-refractivity contribution >= 4 is 38.2 Å². The van der Waals surface area contributed by atoms with Gasteiger partial charge in [0, 0.05) is 0 Å². The van der Waals surface area contributed by atoms with E-state index in [-0.39, 0.29) is 0 Å². The summed E-state index contributed by atoms with van der Waals surface area (Å²) in [4.78, 5) is 0. The molecule has 0 heterocycles. The minimum Gasteiger partial charge on any atom is -0.412 e. The van der Waals surface area contributed by atoms with Crippen molar-refractivity contribution in [1.82, 2.24) is 9.27 Å². The van der Waals surface area contributed by atoms with E-state index in [2.05, 4.69) is 0 Å². The fourth-order valence-corrected chi connectivity index (χ4v) is 0.589. The van der Waals surface area contributed by atoms with E-state index in [1.54, 1.807) is 0 Å². The van der Waals surface area contributed by atoms with Crippen molar-refractivity contribution in [2.24, 2.45) is 16.9 Å². The van der Waals surface area contributed by atoms with Gasteiger partial charge in [0.1, 0.15) is 0 Å². The highest BCUT2D eigenvalue weighted by Crippen LogP contribution is 1.73. The van der Waals surface area contributed by atoms with Crippen molar-refractivity contribution in [2.75, 3.05) is 0 Å². The van der Waals surface area contributed by atoms with E-state index >= 15 is 0 Å². The molecular weight excluding hydrogens is 124 g/mol. The van der Waals surface area contributed by atoms with Crippen LogP contribution in [-0.2, 0) is 0 Å². The van der Waals surface area contributed by atoms with E-state index in [0.717, 1.165) is 7.55 Å². The molecule has 52 valence electrons. The third kappa shape index (κ3) is 4.02. The molecule has 0 aliphatic heterocycles. The average Bonchev–Trinajstić information content (AvgIpc) is 1.99. The molecule has 0 amide bonds. The van der Waals surface area contributed by atoms with Crippen LogP contribution in [0.2, 0.25) is 0 Å². The molecule has 0 aliphatic rings. The molecule has 10 heteroatoms. The van der Waals surface area contributed by atoms with Crippen molar-refractivity contribution in [2.45, 2.75) is 0 Å². The van der Waals surface area contributed by atoms with Gasteiger partial charge in [-0.2, -0.15) is 0 Å². The Morgan fingerprint density at radius 2 is 1.50 bits per heavy atom. The molecule has 0 bridgehead atoms. The van der Waals surface area contributed by atoms with Gasteiger partial charge in [0.15, 0.2) is 7.98 Å². The quantitative estimate of drug-likeness (QED) is 0.328. The molecule has 0 atom stereocenters. The van der Waals surface area contributed by atoms with Crippen LogP contribution in [-0.4, -0.2) is 47.4 Å². The molecule has 0 rings (SSSR count). The maximum atomic E-state index is 5.36. The first-order valence-electron chi connectivity index (χ1n) is 3.25. The first-order chi connectivity index (χ1) is 4.74. The van der Waals surface area contributed by atoms with Crippen LogP contribution in [0.4, 0.5) is 0 Å². The summed E-state index contributed by atoms with van der Waals surface area (Å²) in [6.45, 7) is 0. The summed E-state index contributed by atoms with van der Waals surface area (Å²) in [5.41, 5.74) is 16.1. The molecule has 0 saturated heterocycles. The average molecular weight is 136 g/mol. The van der Waals surface area contributed by atoms with E-state index in [4.69, 9.17) is 16.9 Å². The molecule has 0 aliphatic carbocycles. The Labute approximate surface area is 65.2 Å². The fourth-order valence-electron chi connectivity index (χ4n) is 0.589. The lowest BCUT2D eigenvalue weighted by Gasteiger charge is -2.21. The molecule has 0 radical (unpaired) electrons. The van der Waals surface area contributed by atoms with Crippen LogP contribution in [0.5, 0.6) is 0 Å². The van der Waals surface area contributed by atoms with E-state index in [9.17, 15) is 0 Å². The second kappa shape index (κ2) is 5.88. The summed E-state index contributed by atoms with van der Waals surface area (Å²) < 4.78 is 3.81. The molecular formula is H12B5N5. The number of hydrogen-bond acceptors (Lipinski definition) is 5. The highest BCUT2D eigenvalue weighted by molar-refractivity contribution is 6.69. The van der Waals surface area contributed by atoms with Crippen LogP contribution in [0.15, 0.2) is 0 Å². The Morgan fingerprint density at radius 3 is 1.80 bits per heavy atom. The van der Waals surface area contributed by atoms with Gasteiger partial charge in [-0.15, -0.1) is 0 Å². The highest BCUT2D eigenvalue weighted by Gasteiger charge is 2.06. The lowest BCUT2D eigenvalue weighted by atomic mass is 9.77. The van der Waals surface area contributed by atoms with E-state index in [1.807, 2.05) is 17.2 Å². The normalized spacial score (nSPS) is 9.70. The Morgan fingerprint density at radius 1 is 1.00 bits per heavy atom. The highest BCUT2D eigenvalue weighted by atomic mass is 15.1. The summed E-state index contributed by atoms with van der Waals surface area (Å²) >= 11 is 0. The van der Waals surface area contributed by atoms with Gasteiger partial charge < -0.3 is 26.2 Å². The summed E-state index contributed by atoms with van der Waals surface area (Å²) in [7, 11) is 4.11. The van der Waals surface area contributed by atoms with Gasteiger partial charge in [-0.25, -0.2) is 0 Å². The van der Waals surface area contributed by atoms with Crippen molar-refractivity contribution in [1.29, 1.82) is 0 Å². The summed E-state index contributed by atoms with van der Waals surface area (Å²) in [6, 6.07) is 0. The molecule has 0 aromatic rings. The van der Waals surface area contributed by atoms with Gasteiger partial charge in [0.2, 0.25) is 7.55 Å². The van der Waals surface area contributed by atoms with Crippen LogP contribution < -0.4 is 16.9 Å². The van der Waals surface area contributed by atoms with Gasteiger partial charge >= 0.3 is 0 Å². The topological polar surface area (TPSA) is 84.5 Å². The standard InChI is InChI=1S/B5H12N5/c1-9(2-6)5-10(3-7)4-8/h2-5H,1,6-8H2. The molecule has 0 spiro atoms. The van der Waals surface area contributed by atoms with Crippen LogP contribution >= 0.6 is 0 Å². The molecule has 0 unspecified atom stereocenters. The maximum Gasteiger partial charge on any atom is 0.265 e. The van der Waals surface area contributed by atoms with Crippen LogP contribution in [0.1, 0.15) is 0 Å². The summed E-state index contributed by atoms with van der Waals surface area (Å²) in [5.74, 6) is 0. The second-order valence-electron chi connectivity index (χ2n) is 2.22. The molecule has 6 N–H and O–H groups in total. The van der Waals surface area contributed by atoms with Crippen molar-refractivity contribution in [3.63, 3.8) is 0 Å². The van der Waals surface area contributed by atoms with Crippen molar-refractivity contribution in [3.8, 4) is 0 Å². The number of nitrogens with zero attached hydrogens (tertiary/aromatic N) is 2. The van der Waals surface area contributed by atoms with Crippen LogP contribution in [0.3, 0.4) is 0 Å². The van der Waals surface area contributed by atoms with Gasteiger partial charge in [-0.1, -0.05) is 0 Å². The lowest BCUT2D eigenvalue weighted by molar-refractivity contribution is 0.948. The SMILES string of the molecule is BN(BN)BN(BN)BN. The predicted molar refractivity (Wildman–Crippen MR) is 53.4 cm³/mol. The minimum absolute atomic E-state index is 0.473. The van der Waals surface area contributed by atoms with E-state index < -0.39 is 0 Å². The van der Waals surface area contributed by atoms with Gasteiger partial charge in [0.05, 0.1) is 0 Å². The molecule has 0 saturated carbocycles. The van der Waals surface area contributed by atoms with Crippen LogP contribution in [0.25, 0.3) is 0 Å². The lowest BCUT2D eigenvalue weighted by Crippen LogP contribution is -2.52. The third-order valence-electron chi connectivity index (χ3n) is 1.27. The first-order valence-corrected chi connectivity index (χ1v) is 3.25. The number of nitrogens with two attached hydrogens (primary N) is 3. The maximum absolute atomic E-state index is 5.36. The third-order valence-corrected chi connectivity index (χ3v) is 1.27. The molecule has 10 heavy (non-hydrogen) atoms. The molecule has 0 aromatic carbocycles. The first kappa shape index (κ1) is 10.1. The smallest absolute Gasteiger partial charge is 0.265 e. The number of hydrogen-bond donors (Lipinski definition) is 3. The van der Waals surface area contributed by atoms with E-state index in [1.165, 1.54) is 0 Å². The summed E-state index contributed by atoms with van der Waals surface area (Å²) in [6.07, 6.45) is 0. The number of rotatable bonds is 5. The van der Waals surface area contributed by atoms with Gasteiger partial charge in [0.25, 0.3) is 22.6 Å². The fraction of sp³-hybridized carbons (Fsp3) is 0. The zero-order valence-electron chi connectivity index (χ0n) is 6.45. The largest absolute Gasteiger partial charge is 0.412 e. The Bertz CT molecular complexity index is 72.4. The monoisotopic (exact) mass is 137 g/mol. The molecule has 5 nitrogen and oxygen atoms in total. The van der Waals surface area contributed by atoms with E-state index in [0.29, 0.717) is 22.6 Å². The van der Waals surface area contributed by atoms with Gasteiger partial charge in [-0.05, 0) is 0 Å². The molecule has 0 aromatic heterocycles. The van der Waals surface area contributed by atoms with Crippen molar-refractivity contribution in [3.05, 3.63) is 0 Å². The Kier molecular flexibility index (Phi) is 5.95. The molecule has 0 fully saturated rings.